The normalized spacial score (nSPS) is 13.9. The molecule has 0 radical (unpaired) electrons. The van der Waals surface area contributed by atoms with Crippen molar-refractivity contribution < 1.29 is 4.55 Å². The van der Waals surface area contributed by atoms with Crippen molar-refractivity contribution in [2.75, 3.05) is 0 Å². The molecule has 2 aromatic heterocycles. The molecule has 0 N–H and O–H groups in total. The highest BCUT2D eigenvalue weighted by atomic mass is 32.2. The Balaban J connectivity index is 2.12. The molecule has 0 aliphatic carbocycles. The molecule has 0 aromatic carbocycles. The van der Waals surface area contributed by atoms with Gasteiger partial charge in [0, 0.05) is 12.4 Å². The molecule has 4 nitrogen and oxygen atoms in total. The Labute approximate surface area is 120 Å². The van der Waals surface area contributed by atoms with E-state index in [1.54, 1.807) is 18.6 Å². The summed E-state index contributed by atoms with van der Waals surface area (Å²) in [5.41, 5.74) is 0.837. The summed E-state index contributed by atoms with van der Waals surface area (Å²) in [5, 5.41) is 0.837. The van der Waals surface area contributed by atoms with Crippen LogP contribution in [-0.4, -0.2) is 25.5 Å². The summed E-state index contributed by atoms with van der Waals surface area (Å²) in [5.74, 6) is 0. The van der Waals surface area contributed by atoms with Gasteiger partial charge in [-0.15, -0.1) is 11.3 Å². The second-order valence-electron chi connectivity index (χ2n) is 4.88. The van der Waals surface area contributed by atoms with Crippen LogP contribution < -0.4 is 0 Å². The number of thiazole rings is 1. The molecule has 2 aromatic rings. The number of hydrogen-bond donors (Lipinski definition) is 0. The van der Waals surface area contributed by atoms with E-state index in [0.717, 1.165) is 15.6 Å². The standard InChI is InChI=1S/C13H15N3OS2/c1-13(2,3)19(17)16-9-10-8-15-12(18-10)11-6-4-5-7-14-11/h4-9H,1-3H3/b16-9+. The summed E-state index contributed by atoms with van der Waals surface area (Å²) in [6, 6.07) is 5.70. The Kier molecular flexibility index (Phi) is 4.34. The van der Waals surface area contributed by atoms with E-state index in [9.17, 15) is 4.55 Å². The van der Waals surface area contributed by atoms with Crippen LogP contribution in [0.3, 0.4) is 0 Å². The largest absolute Gasteiger partial charge is 0.591 e. The SMILES string of the molecule is CC(C)(C)[S+]([O-])/N=C/c1cnc(-c2ccccn2)s1. The van der Waals surface area contributed by atoms with Gasteiger partial charge in [-0.2, -0.15) is 0 Å². The van der Waals surface area contributed by atoms with E-state index in [4.69, 9.17) is 0 Å². The van der Waals surface area contributed by atoms with Gasteiger partial charge in [0.1, 0.15) is 21.1 Å². The monoisotopic (exact) mass is 293 g/mol. The van der Waals surface area contributed by atoms with E-state index >= 15 is 0 Å². The molecule has 0 amide bonds. The molecule has 0 aliphatic rings. The highest BCUT2D eigenvalue weighted by Crippen LogP contribution is 2.23. The molecular formula is C13H15N3OS2. The van der Waals surface area contributed by atoms with Crippen molar-refractivity contribution in [3.05, 3.63) is 35.5 Å². The van der Waals surface area contributed by atoms with Crippen molar-refractivity contribution in [3.8, 4) is 10.7 Å². The van der Waals surface area contributed by atoms with Gasteiger partial charge in [0.2, 0.25) is 0 Å². The summed E-state index contributed by atoms with van der Waals surface area (Å²) < 4.78 is 15.5. The summed E-state index contributed by atoms with van der Waals surface area (Å²) in [7, 11) is 0. The fraction of sp³-hybridized carbons (Fsp3) is 0.308. The number of nitrogens with zero attached hydrogens (tertiary/aromatic N) is 3. The maximum atomic E-state index is 11.8. The van der Waals surface area contributed by atoms with E-state index in [0.29, 0.717) is 0 Å². The molecule has 0 saturated carbocycles. The van der Waals surface area contributed by atoms with Gasteiger partial charge in [-0.05, 0) is 32.9 Å². The van der Waals surface area contributed by atoms with Crippen LogP contribution in [0, 0.1) is 0 Å². The lowest BCUT2D eigenvalue weighted by Crippen LogP contribution is -2.25. The molecule has 0 fully saturated rings. The van der Waals surface area contributed by atoms with Crippen LogP contribution in [-0.2, 0) is 11.4 Å². The first-order valence-corrected chi connectivity index (χ1v) is 7.72. The molecule has 1 atom stereocenters. The average molecular weight is 293 g/mol. The maximum absolute atomic E-state index is 11.8. The third kappa shape index (κ3) is 3.86. The van der Waals surface area contributed by atoms with Gasteiger partial charge in [-0.1, -0.05) is 10.5 Å². The second-order valence-corrected chi connectivity index (χ2v) is 7.87. The Bertz CT molecular complexity index is 561. The van der Waals surface area contributed by atoms with Crippen LogP contribution >= 0.6 is 11.3 Å². The Morgan fingerprint density at radius 3 is 2.74 bits per heavy atom. The lowest BCUT2D eigenvalue weighted by molar-refractivity contribution is 0.562. The predicted octanol–water partition coefficient (Wildman–Crippen LogP) is 3.09. The van der Waals surface area contributed by atoms with E-state index < -0.39 is 11.4 Å². The van der Waals surface area contributed by atoms with Crippen molar-refractivity contribution in [2.45, 2.75) is 25.5 Å². The zero-order valence-electron chi connectivity index (χ0n) is 11.0. The molecule has 0 bridgehead atoms. The van der Waals surface area contributed by atoms with Gasteiger partial charge < -0.3 is 4.55 Å². The quantitative estimate of drug-likeness (QED) is 0.645. The van der Waals surface area contributed by atoms with Gasteiger partial charge in [0.05, 0.1) is 16.8 Å². The van der Waals surface area contributed by atoms with Gasteiger partial charge in [-0.25, -0.2) is 4.98 Å². The lowest BCUT2D eigenvalue weighted by Gasteiger charge is -2.17. The van der Waals surface area contributed by atoms with Crippen LogP contribution in [0.2, 0.25) is 0 Å². The fourth-order valence-corrected chi connectivity index (χ4v) is 2.57. The van der Waals surface area contributed by atoms with Crippen LogP contribution in [0.15, 0.2) is 35.0 Å². The van der Waals surface area contributed by atoms with Crippen molar-refractivity contribution >= 4 is 28.9 Å². The van der Waals surface area contributed by atoms with Gasteiger partial charge in [0.25, 0.3) is 0 Å². The van der Waals surface area contributed by atoms with E-state index in [1.807, 2.05) is 39.0 Å². The molecule has 19 heavy (non-hydrogen) atoms. The zero-order valence-corrected chi connectivity index (χ0v) is 12.7. The van der Waals surface area contributed by atoms with Gasteiger partial charge in [-0.3, -0.25) is 4.98 Å². The van der Waals surface area contributed by atoms with Gasteiger partial charge >= 0.3 is 0 Å². The minimum atomic E-state index is -1.24. The zero-order chi connectivity index (χ0) is 13.9. The average Bonchev–Trinajstić information content (AvgIpc) is 2.84. The summed E-state index contributed by atoms with van der Waals surface area (Å²) >= 11 is 0.241. The van der Waals surface area contributed by atoms with E-state index in [1.165, 1.54) is 11.3 Å². The first-order valence-electron chi connectivity index (χ1n) is 5.80. The van der Waals surface area contributed by atoms with Crippen LogP contribution in [0.25, 0.3) is 10.7 Å². The summed E-state index contributed by atoms with van der Waals surface area (Å²) in [6.45, 7) is 5.69. The Morgan fingerprint density at radius 1 is 1.32 bits per heavy atom. The third-order valence-corrected chi connectivity index (χ3v) is 4.51. The Hall–Kier alpha value is -1.24. The van der Waals surface area contributed by atoms with Crippen LogP contribution in [0.4, 0.5) is 0 Å². The molecular weight excluding hydrogens is 278 g/mol. The van der Waals surface area contributed by atoms with E-state index in [-0.39, 0.29) is 4.75 Å². The minimum absolute atomic E-state index is 0.342. The molecule has 2 rings (SSSR count). The molecule has 1 unspecified atom stereocenters. The fourth-order valence-electron chi connectivity index (χ4n) is 1.21. The summed E-state index contributed by atoms with van der Waals surface area (Å²) in [4.78, 5) is 9.41. The topological polar surface area (TPSA) is 61.2 Å². The maximum Gasteiger partial charge on any atom is 0.144 e. The summed E-state index contributed by atoms with van der Waals surface area (Å²) in [6.07, 6.45) is 5.07. The molecule has 0 aliphatic heterocycles. The lowest BCUT2D eigenvalue weighted by atomic mass is 10.3. The van der Waals surface area contributed by atoms with Crippen LogP contribution in [0.1, 0.15) is 25.6 Å². The van der Waals surface area contributed by atoms with E-state index in [2.05, 4.69) is 14.4 Å². The molecule has 100 valence electrons. The molecule has 0 spiro atoms. The van der Waals surface area contributed by atoms with Crippen LogP contribution in [0.5, 0.6) is 0 Å². The molecule has 0 saturated heterocycles. The smallest absolute Gasteiger partial charge is 0.144 e. The first-order chi connectivity index (χ1) is 8.97. The number of hydrogen-bond acceptors (Lipinski definition) is 5. The highest BCUT2D eigenvalue weighted by Gasteiger charge is 2.25. The second kappa shape index (κ2) is 5.81. The van der Waals surface area contributed by atoms with Crippen molar-refractivity contribution in [1.82, 2.24) is 9.97 Å². The predicted molar refractivity (Wildman–Crippen MR) is 80.8 cm³/mol. The molecule has 6 heteroatoms. The van der Waals surface area contributed by atoms with Crippen molar-refractivity contribution in [2.24, 2.45) is 4.40 Å². The number of rotatable bonds is 3. The minimum Gasteiger partial charge on any atom is -0.591 e. The number of aromatic nitrogens is 2. The van der Waals surface area contributed by atoms with Crippen molar-refractivity contribution in [1.29, 1.82) is 0 Å². The van der Waals surface area contributed by atoms with Crippen molar-refractivity contribution in [3.63, 3.8) is 0 Å². The highest BCUT2D eigenvalue weighted by molar-refractivity contribution is 7.91. The first kappa shape index (κ1) is 14.2. The van der Waals surface area contributed by atoms with Gasteiger partial charge in [0.15, 0.2) is 0 Å². The molecule has 2 heterocycles. The Morgan fingerprint density at radius 2 is 2.11 bits per heavy atom. The third-order valence-electron chi connectivity index (χ3n) is 2.21. The number of pyridine rings is 1.